The maximum absolute atomic E-state index is 12.6. The van der Waals surface area contributed by atoms with Gasteiger partial charge in [-0.25, -0.2) is 9.69 Å². The van der Waals surface area contributed by atoms with Crippen LogP contribution in [0.25, 0.3) is 0 Å². The lowest BCUT2D eigenvalue weighted by Gasteiger charge is -2.30. The number of ether oxygens (including phenoxy) is 1. The van der Waals surface area contributed by atoms with Crippen LogP contribution >= 0.6 is 24.2 Å². The second-order valence-corrected chi connectivity index (χ2v) is 6.37. The average Bonchev–Trinajstić information content (AvgIpc) is 2.52. The number of carbonyl (C=O) groups excluding carboxylic acids is 1. The Morgan fingerprint density at radius 2 is 1.57 bits per heavy atom. The first kappa shape index (κ1) is 17.7. The fourth-order valence-corrected chi connectivity index (χ4v) is 3.34. The van der Waals surface area contributed by atoms with Crippen molar-refractivity contribution in [2.45, 2.75) is 9.79 Å². The summed E-state index contributed by atoms with van der Waals surface area (Å²) >= 11 is 1.67. The van der Waals surface area contributed by atoms with E-state index in [1.54, 1.807) is 16.7 Å². The molecular weight excluding hydrogens is 332 g/mol. The average molecular weight is 351 g/mol. The molecule has 3 rings (SSSR count). The highest BCUT2D eigenvalue weighted by Gasteiger charge is 2.28. The molecule has 2 aromatic carbocycles. The number of carbonyl (C=O) groups is 1. The van der Waals surface area contributed by atoms with Crippen molar-refractivity contribution in [1.82, 2.24) is 4.90 Å². The molecule has 0 bridgehead atoms. The van der Waals surface area contributed by atoms with Crippen molar-refractivity contribution < 1.29 is 9.53 Å². The van der Waals surface area contributed by atoms with Crippen LogP contribution in [-0.2, 0) is 4.74 Å². The standard InChI is InChI=1S/C17H18N2O2S.ClH/c1-18(2)11-12-21-17(20)19-13-7-3-5-9-15(13)22-16-10-6-4-8-14(16)19;/h3-10H,11-12H2,1-2H3;1H. The number of hydrogen-bond donors (Lipinski definition) is 0. The summed E-state index contributed by atoms with van der Waals surface area (Å²) in [5.41, 5.74) is 1.75. The topological polar surface area (TPSA) is 32.8 Å². The van der Waals surface area contributed by atoms with Crippen molar-refractivity contribution in [3.63, 3.8) is 0 Å². The van der Waals surface area contributed by atoms with Gasteiger partial charge >= 0.3 is 6.09 Å². The van der Waals surface area contributed by atoms with E-state index in [2.05, 4.69) is 0 Å². The number of nitrogens with zero attached hydrogens (tertiary/aromatic N) is 2. The van der Waals surface area contributed by atoms with E-state index < -0.39 is 0 Å². The van der Waals surface area contributed by atoms with Crippen molar-refractivity contribution in [1.29, 1.82) is 0 Å². The first-order valence-corrected chi connectivity index (χ1v) is 7.96. The van der Waals surface area contributed by atoms with Gasteiger partial charge in [-0.2, -0.15) is 0 Å². The van der Waals surface area contributed by atoms with Crippen molar-refractivity contribution in [2.75, 3.05) is 32.1 Å². The Balaban J connectivity index is 0.00000192. The van der Waals surface area contributed by atoms with Crippen LogP contribution in [0.2, 0.25) is 0 Å². The molecule has 2 aromatic rings. The van der Waals surface area contributed by atoms with Gasteiger partial charge in [0.1, 0.15) is 6.61 Å². The molecule has 0 unspecified atom stereocenters. The molecule has 0 saturated heterocycles. The van der Waals surface area contributed by atoms with Gasteiger partial charge in [-0.15, -0.1) is 12.4 Å². The molecule has 4 nitrogen and oxygen atoms in total. The summed E-state index contributed by atoms with van der Waals surface area (Å²) in [6, 6.07) is 15.8. The Hall–Kier alpha value is -1.69. The van der Waals surface area contributed by atoms with Gasteiger partial charge in [0, 0.05) is 16.3 Å². The molecule has 122 valence electrons. The number of halogens is 1. The van der Waals surface area contributed by atoms with Gasteiger partial charge in [0.15, 0.2) is 0 Å². The number of likely N-dealkylation sites (N-methyl/N-ethyl adjacent to an activating group) is 1. The predicted molar refractivity (Wildman–Crippen MR) is 96.3 cm³/mol. The predicted octanol–water partition coefficient (Wildman–Crippen LogP) is 4.41. The van der Waals surface area contributed by atoms with Crippen molar-refractivity contribution in [3.8, 4) is 0 Å². The molecular formula is C17H19ClN2O2S. The highest BCUT2D eigenvalue weighted by Crippen LogP contribution is 2.47. The molecule has 1 aliphatic heterocycles. The van der Waals surface area contributed by atoms with E-state index in [1.807, 2.05) is 67.5 Å². The van der Waals surface area contributed by atoms with Crippen LogP contribution in [0.3, 0.4) is 0 Å². The number of hydrogen-bond acceptors (Lipinski definition) is 4. The fourth-order valence-electron chi connectivity index (χ4n) is 2.28. The molecule has 0 atom stereocenters. The first-order chi connectivity index (χ1) is 10.7. The largest absolute Gasteiger partial charge is 0.448 e. The Bertz CT molecular complexity index is 648. The zero-order chi connectivity index (χ0) is 15.5. The van der Waals surface area contributed by atoms with Crippen LogP contribution in [0.4, 0.5) is 16.2 Å². The highest BCUT2D eigenvalue weighted by molar-refractivity contribution is 7.99. The summed E-state index contributed by atoms with van der Waals surface area (Å²) in [5.74, 6) is 0. The maximum Gasteiger partial charge on any atom is 0.419 e. The van der Waals surface area contributed by atoms with Crippen molar-refractivity contribution in [3.05, 3.63) is 48.5 Å². The maximum atomic E-state index is 12.6. The number of para-hydroxylation sites is 2. The quantitative estimate of drug-likeness (QED) is 0.820. The summed E-state index contributed by atoms with van der Waals surface area (Å²) in [6.07, 6.45) is -0.331. The molecule has 1 heterocycles. The summed E-state index contributed by atoms with van der Waals surface area (Å²) in [4.78, 5) is 18.4. The van der Waals surface area contributed by atoms with E-state index in [4.69, 9.17) is 4.74 Å². The molecule has 23 heavy (non-hydrogen) atoms. The van der Waals surface area contributed by atoms with Crippen LogP contribution < -0.4 is 4.90 Å². The Labute approximate surface area is 146 Å². The van der Waals surface area contributed by atoms with Gasteiger partial charge in [0.05, 0.1) is 11.4 Å². The first-order valence-electron chi connectivity index (χ1n) is 7.14. The van der Waals surface area contributed by atoms with Crippen LogP contribution in [0.1, 0.15) is 0 Å². The fraction of sp³-hybridized carbons (Fsp3) is 0.235. The molecule has 0 aromatic heterocycles. The third-order valence-electron chi connectivity index (χ3n) is 3.38. The molecule has 0 N–H and O–H groups in total. The Morgan fingerprint density at radius 1 is 1.04 bits per heavy atom. The molecule has 0 saturated carbocycles. The minimum absolute atomic E-state index is 0. The van der Waals surface area contributed by atoms with Crippen LogP contribution in [0.15, 0.2) is 58.3 Å². The van der Waals surface area contributed by atoms with Gasteiger partial charge in [0.2, 0.25) is 0 Å². The molecule has 1 aliphatic rings. The van der Waals surface area contributed by atoms with Gasteiger partial charge in [-0.05, 0) is 38.4 Å². The second kappa shape index (κ2) is 7.73. The summed E-state index contributed by atoms with van der Waals surface area (Å²) in [7, 11) is 3.91. The van der Waals surface area contributed by atoms with Crippen molar-refractivity contribution >= 4 is 41.6 Å². The van der Waals surface area contributed by atoms with E-state index in [1.165, 1.54) is 0 Å². The monoisotopic (exact) mass is 350 g/mol. The zero-order valence-corrected chi connectivity index (χ0v) is 14.7. The van der Waals surface area contributed by atoms with Gasteiger partial charge < -0.3 is 9.64 Å². The molecule has 0 spiro atoms. The summed E-state index contributed by atoms with van der Waals surface area (Å²) < 4.78 is 5.44. The second-order valence-electron chi connectivity index (χ2n) is 5.29. The number of benzene rings is 2. The third-order valence-corrected chi connectivity index (χ3v) is 4.51. The van der Waals surface area contributed by atoms with E-state index >= 15 is 0 Å². The van der Waals surface area contributed by atoms with Gasteiger partial charge in [0.25, 0.3) is 0 Å². The van der Waals surface area contributed by atoms with E-state index in [0.29, 0.717) is 13.2 Å². The lowest BCUT2D eigenvalue weighted by Crippen LogP contribution is -2.31. The lowest BCUT2D eigenvalue weighted by molar-refractivity contribution is 0.146. The number of rotatable bonds is 3. The van der Waals surface area contributed by atoms with Crippen molar-refractivity contribution in [2.24, 2.45) is 0 Å². The molecule has 0 radical (unpaired) electrons. The minimum atomic E-state index is -0.331. The molecule has 6 heteroatoms. The molecule has 1 amide bonds. The highest BCUT2D eigenvalue weighted by atomic mass is 35.5. The smallest absolute Gasteiger partial charge is 0.419 e. The number of anilines is 2. The summed E-state index contributed by atoms with van der Waals surface area (Å²) in [6.45, 7) is 1.08. The zero-order valence-electron chi connectivity index (χ0n) is 13.1. The SMILES string of the molecule is CN(C)CCOC(=O)N1c2ccccc2Sc2ccccc21.Cl. The Morgan fingerprint density at radius 3 is 2.09 bits per heavy atom. The van der Waals surface area contributed by atoms with Gasteiger partial charge in [-0.3, -0.25) is 0 Å². The number of fused-ring (bicyclic) bond motifs is 2. The van der Waals surface area contributed by atoms with E-state index in [-0.39, 0.29) is 18.5 Å². The van der Waals surface area contributed by atoms with Gasteiger partial charge in [-0.1, -0.05) is 36.0 Å². The summed E-state index contributed by atoms with van der Waals surface area (Å²) in [5, 5.41) is 0. The van der Waals surface area contributed by atoms with Crippen LogP contribution in [-0.4, -0.2) is 38.2 Å². The third kappa shape index (κ3) is 3.80. The van der Waals surface area contributed by atoms with Crippen LogP contribution in [0.5, 0.6) is 0 Å². The minimum Gasteiger partial charge on any atom is -0.448 e. The Kier molecular flexibility index (Phi) is 5.93. The van der Waals surface area contributed by atoms with E-state index in [9.17, 15) is 4.79 Å². The molecule has 0 fully saturated rings. The molecule has 0 aliphatic carbocycles. The number of amides is 1. The van der Waals surface area contributed by atoms with E-state index in [0.717, 1.165) is 21.2 Å². The normalized spacial score (nSPS) is 12.2. The lowest BCUT2D eigenvalue weighted by atomic mass is 10.2. The van der Waals surface area contributed by atoms with Crippen LogP contribution in [0, 0.1) is 0 Å².